The van der Waals surface area contributed by atoms with Gasteiger partial charge in [0.05, 0.1) is 11.4 Å². The predicted molar refractivity (Wildman–Crippen MR) is 84.1 cm³/mol. The summed E-state index contributed by atoms with van der Waals surface area (Å²) >= 11 is 0. The van der Waals surface area contributed by atoms with Crippen molar-refractivity contribution in [3.63, 3.8) is 0 Å². The highest BCUT2D eigenvalue weighted by molar-refractivity contribution is 6.10. The summed E-state index contributed by atoms with van der Waals surface area (Å²) in [5.41, 5.74) is 7.61. The van der Waals surface area contributed by atoms with Crippen LogP contribution in [0.15, 0.2) is 46.1 Å². The fourth-order valence-corrected chi connectivity index (χ4v) is 3.29. The van der Waals surface area contributed by atoms with Crippen LogP contribution in [-0.2, 0) is 0 Å². The van der Waals surface area contributed by atoms with E-state index in [0.29, 0.717) is 0 Å². The summed E-state index contributed by atoms with van der Waals surface area (Å²) in [5.74, 6) is 0. The number of aliphatic imine (C=N–C) groups is 2. The summed E-state index contributed by atoms with van der Waals surface area (Å²) in [7, 11) is 0. The van der Waals surface area contributed by atoms with Gasteiger partial charge in [-0.15, -0.1) is 0 Å². The molecule has 0 saturated heterocycles. The van der Waals surface area contributed by atoms with E-state index in [4.69, 9.17) is 10.7 Å². The largest absolute Gasteiger partial charge is 0.330 e. The molecule has 0 aromatic heterocycles. The molecule has 20 heavy (non-hydrogen) atoms. The third kappa shape index (κ3) is 1.91. The van der Waals surface area contributed by atoms with Gasteiger partial charge in [-0.25, -0.2) is 0 Å². The highest BCUT2D eigenvalue weighted by Gasteiger charge is 2.50. The van der Waals surface area contributed by atoms with Crippen LogP contribution in [0.5, 0.6) is 0 Å². The molecule has 0 bridgehead atoms. The van der Waals surface area contributed by atoms with Crippen molar-refractivity contribution in [2.24, 2.45) is 15.7 Å². The van der Waals surface area contributed by atoms with E-state index >= 15 is 0 Å². The van der Waals surface area contributed by atoms with Crippen LogP contribution >= 0.6 is 0 Å². The average Bonchev–Trinajstić information content (AvgIpc) is 2.80. The Morgan fingerprint density at radius 2 is 2.25 bits per heavy atom. The van der Waals surface area contributed by atoms with Crippen molar-refractivity contribution < 1.29 is 0 Å². The first-order valence-electron chi connectivity index (χ1n) is 7.48. The molecule has 3 aliphatic rings. The third-order valence-corrected chi connectivity index (χ3v) is 4.25. The smallest absolute Gasteiger partial charge is 0.126 e. The molecule has 2 unspecified atom stereocenters. The molecule has 2 heterocycles. The van der Waals surface area contributed by atoms with Gasteiger partial charge in [0.25, 0.3) is 0 Å². The maximum Gasteiger partial charge on any atom is 0.126 e. The molecule has 2 aliphatic heterocycles. The second-order valence-corrected chi connectivity index (χ2v) is 5.41. The van der Waals surface area contributed by atoms with E-state index in [1.807, 2.05) is 12.3 Å². The molecule has 106 valence electrons. The fourth-order valence-electron chi connectivity index (χ4n) is 3.29. The lowest BCUT2D eigenvalue weighted by atomic mass is 9.83. The third-order valence-electron chi connectivity index (χ3n) is 4.25. The second kappa shape index (κ2) is 5.46. The lowest BCUT2D eigenvalue weighted by Crippen LogP contribution is -2.53. The van der Waals surface area contributed by atoms with Crippen LogP contribution in [0.25, 0.3) is 0 Å². The molecule has 2 N–H and O–H groups in total. The Morgan fingerprint density at radius 1 is 1.35 bits per heavy atom. The zero-order chi connectivity index (χ0) is 14.0. The highest BCUT2D eigenvalue weighted by Crippen LogP contribution is 2.41. The number of nitrogens with two attached hydrogens (primary N) is 1. The van der Waals surface area contributed by atoms with E-state index in [9.17, 15) is 0 Å². The maximum absolute atomic E-state index is 5.64. The Morgan fingerprint density at radius 3 is 3.05 bits per heavy atom. The predicted octanol–water partition coefficient (Wildman–Crippen LogP) is 2.05. The molecule has 3 rings (SSSR count). The Bertz CT molecular complexity index is 527. The van der Waals surface area contributed by atoms with Gasteiger partial charge >= 0.3 is 0 Å². The van der Waals surface area contributed by atoms with Crippen molar-refractivity contribution in [1.29, 1.82) is 0 Å². The average molecular weight is 270 g/mol. The topological polar surface area (TPSA) is 54.0 Å². The minimum atomic E-state index is -0.237. The van der Waals surface area contributed by atoms with Crippen molar-refractivity contribution in [3.8, 4) is 0 Å². The van der Waals surface area contributed by atoms with Crippen molar-refractivity contribution in [2.75, 3.05) is 13.1 Å². The quantitative estimate of drug-likeness (QED) is 0.777. The van der Waals surface area contributed by atoms with Crippen molar-refractivity contribution in [1.82, 2.24) is 4.90 Å². The summed E-state index contributed by atoms with van der Waals surface area (Å²) in [6, 6.07) is 0. The Balaban J connectivity index is 1.95. The molecule has 4 heteroatoms. The zero-order valence-corrected chi connectivity index (χ0v) is 12.0. The summed E-state index contributed by atoms with van der Waals surface area (Å²) in [6.07, 6.45) is 15.9. The Hall–Kier alpha value is -1.52. The number of rotatable bonds is 5. The zero-order valence-electron chi connectivity index (χ0n) is 12.0. The Labute approximate surface area is 120 Å². The van der Waals surface area contributed by atoms with Crippen molar-refractivity contribution in [3.05, 3.63) is 36.1 Å². The Kier molecular flexibility index (Phi) is 3.68. The van der Waals surface area contributed by atoms with Gasteiger partial charge in [0, 0.05) is 12.8 Å². The molecule has 0 fully saturated rings. The molecular weight excluding hydrogens is 248 g/mol. The minimum Gasteiger partial charge on any atom is -0.330 e. The SMILES string of the molecule is CCC1N=C2C=CC=C3N=CC=CC32N1CCCCN. The van der Waals surface area contributed by atoms with Crippen LogP contribution in [0.1, 0.15) is 26.2 Å². The summed E-state index contributed by atoms with van der Waals surface area (Å²) < 4.78 is 0. The van der Waals surface area contributed by atoms with Crippen LogP contribution in [0.4, 0.5) is 0 Å². The molecule has 0 amide bonds. The molecule has 2 atom stereocenters. The van der Waals surface area contributed by atoms with Crippen LogP contribution in [0, 0.1) is 0 Å². The molecule has 0 aromatic carbocycles. The van der Waals surface area contributed by atoms with Gasteiger partial charge in [-0.2, -0.15) is 0 Å². The molecule has 0 saturated carbocycles. The maximum atomic E-state index is 5.64. The molecule has 1 aliphatic carbocycles. The minimum absolute atomic E-state index is 0.237. The fraction of sp³-hybridized carbons (Fsp3) is 0.500. The summed E-state index contributed by atoms with van der Waals surface area (Å²) in [6.45, 7) is 3.96. The number of allylic oxidation sites excluding steroid dienone is 3. The van der Waals surface area contributed by atoms with Gasteiger partial charge in [-0.1, -0.05) is 19.1 Å². The number of nitrogens with zero attached hydrogens (tertiary/aromatic N) is 3. The van der Waals surface area contributed by atoms with E-state index in [0.717, 1.165) is 43.8 Å². The van der Waals surface area contributed by atoms with E-state index in [-0.39, 0.29) is 11.7 Å². The first-order valence-corrected chi connectivity index (χ1v) is 7.48. The van der Waals surface area contributed by atoms with Crippen molar-refractivity contribution >= 4 is 11.9 Å². The molecule has 0 aromatic rings. The molecule has 0 radical (unpaired) electrons. The highest BCUT2D eigenvalue weighted by atomic mass is 15.4. The molecular formula is C16H22N4. The van der Waals surface area contributed by atoms with E-state index in [1.165, 1.54) is 0 Å². The van der Waals surface area contributed by atoms with Crippen LogP contribution < -0.4 is 5.73 Å². The van der Waals surface area contributed by atoms with Gasteiger partial charge in [0.1, 0.15) is 11.7 Å². The van der Waals surface area contributed by atoms with Gasteiger partial charge in [0.15, 0.2) is 0 Å². The normalized spacial score (nSPS) is 31.0. The van der Waals surface area contributed by atoms with Gasteiger partial charge in [-0.05, 0) is 44.0 Å². The number of hydrogen-bond donors (Lipinski definition) is 1. The van der Waals surface area contributed by atoms with E-state index < -0.39 is 0 Å². The van der Waals surface area contributed by atoms with Gasteiger partial charge < -0.3 is 5.73 Å². The standard InChI is InChI=1S/C16H22N4/c1-2-15-19-14-8-5-7-13-16(14,9-6-11-18-13)20(15)12-4-3-10-17/h5-9,11,15H,2-4,10,12,17H2,1H3. The lowest BCUT2D eigenvalue weighted by molar-refractivity contribution is 0.164. The summed E-state index contributed by atoms with van der Waals surface area (Å²) in [5, 5.41) is 0. The number of unbranched alkanes of at least 4 members (excludes halogenated alkanes) is 1. The first kappa shape index (κ1) is 13.5. The van der Waals surface area contributed by atoms with Crippen LogP contribution in [0.3, 0.4) is 0 Å². The van der Waals surface area contributed by atoms with Crippen LogP contribution in [-0.4, -0.2) is 41.6 Å². The van der Waals surface area contributed by atoms with Gasteiger partial charge in [-0.3, -0.25) is 14.9 Å². The van der Waals surface area contributed by atoms with E-state index in [2.05, 4.69) is 41.1 Å². The van der Waals surface area contributed by atoms with Gasteiger partial charge in [0.2, 0.25) is 0 Å². The van der Waals surface area contributed by atoms with Crippen molar-refractivity contribution in [2.45, 2.75) is 37.9 Å². The first-order chi connectivity index (χ1) is 9.82. The lowest BCUT2D eigenvalue weighted by Gasteiger charge is -2.41. The molecule has 4 nitrogen and oxygen atoms in total. The number of hydrogen-bond acceptors (Lipinski definition) is 4. The number of dihydropyridines is 1. The van der Waals surface area contributed by atoms with Crippen LogP contribution in [0.2, 0.25) is 0 Å². The monoisotopic (exact) mass is 270 g/mol. The van der Waals surface area contributed by atoms with E-state index in [1.54, 1.807) is 0 Å². The summed E-state index contributed by atoms with van der Waals surface area (Å²) in [4.78, 5) is 12.0. The molecule has 1 spiro atoms. The second-order valence-electron chi connectivity index (χ2n) is 5.41.